The molecule has 1 fully saturated rings. The number of hydrogen-bond donors (Lipinski definition) is 1. The summed E-state index contributed by atoms with van der Waals surface area (Å²) in [5.41, 5.74) is 6.90. The molecule has 1 unspecified atom stereocenters. The van der Waals surface area contributed by atoms with Crippen molar-refractivity contribution < 1.29 is 9.53 Å². The van der Waals surface area contributed by atoms with Crippen LogP contribution in [0.5, 0.6) is 0 Å². The van der Waals surface area contributed by atoms with Gasteiger partial charge in [0.1, 0.15) is 11.2 Å². The van der Waals surface area contributed by atoms with Crippen LogP contribution in [0.2, 0.25) is 0 Å². The number of carbonyl (C=O) groups is 1. The van der Waals surface area contributed by atoms with Crippen LogP contribution < -0.4 is 5.73 Å². The molecule has 6 nitrogen and oxygen atoms in total. The summed E-state index contributed by atoms with van der Waals surface area (Å²) in [7, 11) is 0. The molecule has 1 aliphatic heterocycles. The van der Waals surface area contributed by atoms with Crippen LogP contribution in [0.1, 0.15) is 16.9 Å². The number of primary amides is 1. The molecule has 3 heterocycles. The second-order valence-corrected chi connectivity index (χ2v) is 4.08. The molecule has 1 atom stereocenters. The number of amides is 1. The maximum Gasteiger partial charge on any atom is 0.267 e. The number of ether oxygens (including phenoxy) is 1. The number of rotatable bonds is 3. The monoisotopic (exact) mass is 232 g/mol. The summed E-state index contributed by atoms with van der Waals surface area (Å²) >= 11 is 0. The Balaban J connectivity index is 1.99. The quantitative estimate of drug-likeness (QED) is 0.826. The zero-order chi connectivity index (χ0) is 11.8. The van der Waals surface area contributed by atoms with Gasteiger partial charge in [-0.2, -0.15) is 0 Å². The molecule has 1 saturated heterocycles. The van der Waals surface area contributed by atoms with Crippen LogP contribution in [0.25, 0.3) is 11.2 Å². The highest BCUT2D eigenvalue weighted by Crippen LogP contribution is 2.17. The summed E-state index contributed by atoms with van der Waals surface area (Å²) in [6.07, 6.45) is 2.99. The zero-order valence-electron chi connectivity index (χ0n) is 9.17. The van der Waals surface area contributed by atoms with E-state index in [1.165, 1.54) is 0 Å². The van der Waals surface area contributed by atoms with E-state index in [1.54, 1.807) is 18.5 Å². The van der Waals surface area contributed by atoms with Crippen LogP contribution in [0.15, 0.2) is 18.5 Å². The van der Waals surface area contributed by atoms with Crippen molar-refractivity contribution in [2.75, 3.05) is 6.61 Å². The van der Waals surface area contributed by atoms with E-state index < -0.39 is 5.91 Å². The predicted molar refractivity (Wildman–Crippen MR) is 60.4 cm³/mol. The number of nitrogens with two attached hydrogens (primary N) is 1. The number of pyridine rings is 1. The normalized spacial score (nSPS) is 19.2. The number of carbonyl (C=O) groups excluding carboxylic acids is 1. The molecule has 2 N–H and O–H groups in total. The van der Waals surface area contributed by atoms with Gasteiger partial charge in [-0.15, -0.1) is 0 Å². The first-order chi connectivity index (χ1) is 8.24. The highest BCUT2D eigenvalue weighted by molar-refractivity contribution is 5.92. The summed E-state index contributed by atoms with van der Waals surface area (Å²) in [4.78, 5) is 19.5. The van der Waals surface area contributed by atoms with E-state index in [2.05, 4.69) is 9.97 Å². The van der Waals surface area contributed by atoms with Crippen LogP contribution in [-0.2, 0) is 11.3 Å². The highest BCUT2D eigenvalue weighted by Gasteiger charge is 2.20. The van der Waals surface area contributed by atoms with Gasteiger partial charge in [0.2, 0.25) is 0 Å². The van der Waals surface area contributed by atoms with Gasteiger partial charge >= 0.3 is 0 Å². The average molecular weight is 232 g/mol. The summed E-state index contributed by atoms with van der Waals surface area (Å²) in [5.74, 6) is -0.528. The first-order valence-electron chi connectivity index (χ1n) is 5.47. The van der Waals surface area contributed by atoms with E-state index in [-0.39, 0.29) is 11.8 Å². The molecular formula is C11H12N4O2. The molecule has 0 spiro atoms. The number of hydrogen-bond acceptors (Lipinski definition) is 4. The second kappa shape index (κ2) is 3.81. The molecule has 88 valence electrons. The Morgan fingerprint density at radius 2 is 2.41 bits per heavy atom. The van der Waals surface area contributed by atoms with Gasteiger partial charge in [0.25, 0.3) is 5.91 Å². The Morgan fingerprint density at radius 3 is 3.06 bits per heavy atom. The number of aromatic nitrogens is 3. The fourth-order valence-electron chi connectivity index (χ4n) is 1.86. The van der Waals surface area contributed by atoms with Crippen molar-refractivity contribution in [3.8, 4) is 0 Å². The summed E-state index contributed by atoms with van der Waals surface area (Å²) in [6.45, 7) is 1.53. The van der Waals surface area contributed by atoms with Gasteiger partial charge in [0.15, 0.2) is 5.65 Å². The lowest BCUT2D eigenvalue weighted by atomic mass is 10.2. The highest BCUT2D eigenvalue weighted by atomic mass is 16.5. The van der Waals surface area contributed by atoms with Crippen molar-refractivity contribution in [1.82, 2.24) is 14.5 Å². The van der Waals surface area contributed by atoms with E-state index in [0.29, 0.717) is 12.2 Å². The summed E-state index contributed by atoms with van der Waals surface area (Å²) in [6, 6.07) is 3.34. The molecular weight excluding hydrogens is 220 g/mol. The molecule has 2 aromatic rings. The molecule has 0 aliphatic carbocycles. The topological polar surface area (TPSA) is 83.0 Å². The van der Waals surface area contributed by atoms with Crippen molar-refractivity contribution in [2.24, 2.45) is 5.73 Å². The Morgan fingerprint density at radius 1 is 1.59 bits per heavy atom. The van der Waals surface area contributed by atoms with Crippen molar-refractivity contribution >= 4 is 17.1 Å². The third-order valence-corrected chi connectivity index (χ3v) is 2.91. The molecule has 0 aromatic carbocycles. The third kappa shape index (κ3) is 1.76. The number of nitrogens with zero attached hydrogens (tertiary/aromatic N) is 3. The van der Waals surface area contributed by atoms with Crippen LogP contribution in [0.3, 0.4) is 0 Å². The largest absolute Gasteiger partial charge is 0.376 e. The van der Waals surface area contributed by atoms with Crippen LogP contribution >= 0.6 is 0 Å². The third-order valence-electron chi connectivity index (χ3n) is 2.91. The molecule has 3 rings (SSSR count). The Labute approximate surface area is 97.4 Å². The molecule has 2 aromatic heterocycles. The van der Waals surface area contributed by atoms with Crippen molar-refractivity contribution in [2.45, 2.75) is 19.1 Å². The minimum absolute atomic E-state index is 0.228. The SMILES string of the molecule is NC(=O)c1ccc2ncn(CC3CCO3)c2n1. The van der Waals surface area contributed by atoms with E-state index in [1.807, 2.05) is 4.57 Å². The van der Waals surface area contributed by atoms with Gasteiger partial charge in [-0.1, -0.05) is 0 Å². The van der Waals surface area contributed by atoms with Gasteiger partial charge in [-0.3, -0.25) is 4.79 Å². The van der Waals surface area contributed by atoms with Gasteiger partial charge < -0.3 is 15.0 Å². The smallest absolute Gasteiger partial charge is 0.267 e. The average Bonchev–Trinajstić information content (AvgIpc) is 2.65. The van der Waals surface area contributed by atoms with Crippen molar-refractivity contribution in [3.05, 3.63) is 24.2 Å². The van der Waals surface area contributed by atoms with E-state index in [0.717, 1.165) is 18.5 Å². The molecule has 6 heteroatoms. The first kappa shape index (κ1) is 10.2. The Kier molecular flexibility index (Phi) is 2.29. The van der Waals surface area contributed by atoms with Gasteiger partial charge in [-0.25, -0.2) is 9.97 Å². The van der Waals surface area contributed by atoms with Crippen molar-refractivity contribution in [3.63, 3.8) is 0 Å². The molecule has 1 amide bonds. The lowest BCUT2D eigenvalue weighted by Gasteiger charge is -2.26. The fraction of sp³-hybridized carbons (Fsp3) is 0.364. The van der Waals surface area contributed by atoms with Crippen LogP contribution in [0.4, 0.5) is 0 Å². The first-order valence-corrected chi connectivity index (χ1v) is 5.47. The maximum absolute atomic E-state index is 11.1. The lowest BCUT2D eigenvalue weighted by molar-refractivity contribution is -0.0587. The van der Waals surface area contributed by atoms with E-state index in [9.17, 15) is 4.79 Å². The van der Waals surface area contributed by atoms with E-state index >= 15 is 0 Å². The Bertz CT molecular complexity index is 574. The summed E-state index contributed by atoms with van der Waals surface area (Å²) in [5, 5.41) is 0. The van der Waals surface area contributed by atoms with Crippen LogP contribution in [0, 0.1) is 0 Å². The number of fused-ring (bicyclic) bond motifs is 1. The fourth-order valence-corrected chi connectivity index (χ4v) is 1.86. The van der Waals surface area contributed by atoms with Gasteiger partial charge in [0.05, 0.1) is 19.0 Å². The van der Waals surface area contributed by atoms with Gasteiger partial charge in [0, 0.05) is 6.61 Å². The zero-order valence-corrected chi connectivity index (χ0v) is 9.17. The van der Waals surface area contributed by atoms with Crippen LogP contribution in [-0.4, -0.2) is 33.2 Å². The molecule has 0 bridgehead atoms. The standard InChI is InChI=1S/C11H12N4O2/c12-10(16)8-1-2-9-11(14-8)15(6-13-9)5-7-3-4-17-7/h1-2,6-7H,3-5H2,(H2,12,16). The molecule has 17 heavy (non-hydrogen) atoms. The molecule has 1 aliphatic rings. The van der Waals surface area contributed by atoms with Gasteiger partial charge in [-0.05, 0) is 18.6 Å². The lowest BCUT2D eigenvalue weighted by Crippen LogP contribution is -2.31. The predicted octanol–water partition coefficient (Wildman–Crippen LogP) is 0.319. The summed E-state index contributed by atoms with van der Waals surface area (Å²) < 4.78 is 7.26. The minimum atomic E-state index is -0.528. The molecule has 0 saturated carbocycles. The minimum Gasteiger partial charge on any atom is -0.376 e. The van der Waals surface area contributed by atoms with Crippen molar-refractivity contribution in [1.29, 1.82) is 0 Å². The number of imidazole rings is 1. The Hall–Kier alpha value is -1.95. The molecule has 0 radical (unpaired) electrons. The maximum atomic E-state index is 11.1. The van der Waals surface area contributed by atoms with E-state index in [4.69, 9.17) is 10.5 Å². The second-order valence-electron chi connectivity index (χ2n) is 4.08.